The molecule has 0 saturated heterocycles. The molecule has 0 aromatic rings. The van der Waals surface area contributed by atoms with Gasteiger partial charge in [-0.25, -0.2) is 0 Å². The van der Waals surface area contributed by atoms with Crippen molar-refractivity contribution in [2.45, 2.75) is 111 Å². The largest absolute Gasteiger partial charge is 0.328 e. The molecule has 27 heavy (non-hydrogen) atoms. The van der Waals surface area contributed by atoms with Crippen LogP contribution in [0.15, 0.2) is 12.2 Å². The molecule has 0 aliphatic rings. The molecule has 0 N–H and O–H groups in total. The van der Waals surface area contributed by atoms with E-state index < -0.39 is 0 Å². The summed E-state index contributed by atoms with van der Waals surface area (Å²) in [5.74, 6) is 0.311. The normalized spacial score (nSPS) is 12.9. The van der Waals surface area contributed by atoms with E-state index in [1.807, 2.05) is 13.8 Å². The van der Waals surface area contributed by atoms with Gasteiger partial charge >= 0.3 is 0 Å². The van der Waals surface area contributed by atoms with E-state index in [0.717, 1.165) is 11.0 Å². The summed E-state index contributed by atoms with van der Waals surface area (Å²) in [6.45, 7) is 12.0. The number of carbonyl (C=O) groups is 1. The van der Waals surface area contributed by atoms with Crippen LogP contribution in [-0.2, 0) is 4.79 Å². The monoisotopic (exact) mass is 380 g/mol. The molecule has 0 bridgehead atoms. The number of carbonyl (C=O) groups excluding carboxylic acids is 1. The highest BCUT2D eigenvalue weighted by molar-refractivity contribution is 5.95. The van der Waals surface area contributed by atoms with Crippen LogP contribution in [0.1, 0.15) is 111 Å². The highest BCUT2D eigenvalue weighted by atomic mass is 16.1. The number of quaternary nitrogens is 1. The summed E-state index contributed by atoms with van der Waals surface area (Å²) >= 11 is 0. The average molecular weight is 381 g/mol. The Kier molecular flexibility index (Phi) is 16.0. The van der Waals surface area contributed by atoms with E-state index in [2.05, 4.69) is 27.6 Å². The summed E-state index contributed by atoms with van der Waals surface area (Å²) in [7, 11) is 4.51. The van der Waals surface area contributed by atoms with Gasteiger partial charge in [-0.05, 0) is 32.3 Å². The standard InChI is InChI=1S/C25H50NO/c1-7-8-9-10-11-12-13-14-15-16-17-18-19-20-21-26(5,6)22-24(4)25(27)23(2)3/h24H,2,7-22H2,1,3-6H3/q+1. The van der Waals surface area contributed by atoms with E-state index in [9.17, 15) is 4.79 Å². The number of Topliss-reactive ketones (excluding diaryl/α,β-unsaturated/α-hetero) is 1. The average Bonchev–Trinajstić information content (AvgIpc) is 2.60. The fraction of sp³-hybridized carbons (Fsp3) is 0.880. The summed E-state index contributed by atoms with van der Waals surface area (Å²) in [5, 5.41) is 0. The highest BCUT2D eigenvalue weighted by Gasteiger charge is 2.23. The molecule has 1 atom stereocenters. The summed E-state index contributed by atoms with van der Waals surface area (Å²) < 4.78 is 0.943. The Morgan fingerprint density at radius 1 is 0.778 bits per heavy atom. The fourth-order valence-corrected chi connectivity index (χ4v) is 4.07. The number of rotatable bonds is 19. The van der Waals surface area contributed by atoms with Crippen LogP contribution in [0.2, 0.25) is 0 Å². The Bertz CT molecular complexity index is 386. The molecular formula is C25H50NO+. The van der Waals surface area contributed by atoms with Gasteiger partial charge in [0.15, 0.2) is 5.78 Å². The lowest BCUT2D eigenvalue weighted by Gasteiger charge is -2.32. The van der Waals surface area contributed by atoms with Crippen molar-refractivity contribution in [3.63, 3.8) is 0 Å². The van der Waals surface area contributed by atoms with Gasteiger partial charge in [-0.2, -0.15) is 0 Å². The molecular weight excluding hydrogens is 330 g/mol. The smallest absolute Gasteiger partial charge is 0.166 e. The Morgan fingerprint density at radius 3 is 1.52 bits per heavy atom. The van der Waals surface area contributed by atoms with Crippen molar-refractivity contribution in [2.75, 3.05) is 27.2 Å². The van der Waals surface area contributed by atoms with Gasteiger partial charge in [-0.1, -0.05) is 90.6 Å². The van der Waals surface area contributed by atoms with Gasteiger partial charge in [0, 0.05) is 0 Å². The van der Waals surface area contributed by atoms with Gasteiger partial charge in [0.1, 0.15) is 0 Å². The van der Waals surface area contributed by atoms with Crippen molar-refractivity contribution in [2.24, 2.45) is 5.92 Å². The molecule has 0 fully saturated rings. The van der Waals surface area contributed by atoms with Crippen LogP contribution in [0.5, 0.6) is 0 Å². The van der Waals surface area contributed by atoms with E-state index in [1.54, 1.807) is 0 Å². The summed E-state index contributed by atoms with van der Waals surface area (Å²) in [6.07, 6.45) is 19.7. The molecule has 0 aromatic heterocycles. The maximum atomic E-state index is 12.0. The lowest BCUT2D eigenvalue weighted by atomic mass is 10.00. The Labute approximate surface area is 171 Å². The highest BCUT2D eigenvalue weighted by Crippen LogP contribution is 2.15. The van der Waals surface area contributed by atoms with Gasteiger partial charge in [0.2, 0.25) is 0 Å². The molecule has 0 spiro atoms. The van der Waals surface area contributed by atoms with Crippen molar-refractivity contribution in [1.29, 1.82) is 0 Å². The minimum atomic E-state index is 0.0872. The van der Waals surface area contributed by atoms with Gasteiger partial charge in [-0.15, -0.1) is 0 Å². The summed E-state index contributed by atoms with van der Waals surface area (Å²) in [5.41, 5.74) is 0.694. The van der Waals surface area contributed by atoms with Crippen molar-refractivity contribution in [3.05, 3.63) is 12.2 Å². The number of hydrogen-bond acceptors (Lipinski definition) is 1. The SMILES string of the molecule is C=C(C)C(=O)C(C)C[N+](C)(C)CCCCCCCCCCCCCCCC. The zero-order chi connectivity index (χ0) is 20.5. The number of ketones is 1. The minimum Gasteiger partial charge on any atom is -0.328 e. The fourth-order valence-electron chi connectivity index (χ4n) is 4.07. The molecule has 0 aliphatic heterocycles. The van der Waals surface area contributed by atoms with Crippen LogP contribution in [0.3, 0.4) is 0 Å². The minimum absolute atomic E-state index is 0.0872. The molecule has 0 aliphatic carbocycles. The van der Waals surface area contributed by atoms with Crippen molar-refractivity contribution < 1.29 is 9.28 Å². The molecule has 160 valence electrons. The predicted molar refractivity (Wildman–Crippen MR) is 121 cm³/mol. The Hall–Kier alpha value is -0.630. The second-order valence-electron chi connectivity index (χ2n) is 9.48. The Balaban J connectivity index is 3.50. The third-order valence-electron chi connectivity index (χ3n) is 5.75. The second-order valence-corrected chi connectivity index (χ2v) is 9.48. The first-order valence-corrected chi connectivity index (χ1v) is 11.8. The molecule has 0 rings (SSSR count). The van der Waals surface area contributed by atoms with Crippen molar-refractivity contribution in [3.8, 4) is 0 Å². The van der Waals surface area contributed by atoms with Crippen LogP contribution < -0.4 is 0 Å². The van der Waals surface area contributed by atoms with E-state index in [0.29, 0.717) is 5.57 Å². The molecule has 0 aromatic carbocycles. The first kappa shape index (κ1) is 26.4. The lowest BCUT2D eigenvalue weighted by Crippen LogP contribution is -2.45. The summed E-state index contributed by atoms with van der Waals surface area (Å²) in [6, 6.07) is 0. The maximum absolute atomic E-state index is 12.0. The molecule has 0 amide bonds. The number of hydrogen-bond donors (Lipinski definition) is 0. The second kappa shape index (κ2) is 16.3. The third-order valence-corrected chi connectivity index (χ3v) is 5.75. The molecule has 2 nitrogen and oxygen atoms in total. The molecule has 0 saturated carbocycles. The van der Waals surface area contributed by atoms with Gasteiger partial charge < -0.3 is 4.48 Å². The lowest BCUT2D eigenvalue weighted by molar-refractivity contribution is -0.892. The molecule has 1 unspecified atom stereocenters. The Morgan fingerprint density at radius 2 is 1.15 bits per heavy atom. The number of allylic oxidation sites excluding steroid dienone is 1. The zero-order valence-electron chi connectivity index (χ0n) is 19.5. The van der Waals surface area contributed by atoms with Crippen LogP contribution in [0, 0.1) is 5.92 Å². The van der Waals surface area contributed by atoms with Crippen LogP contribution in [0.4, 0.5) is 0 Å². The maximum Gasteiger partial charge on any atom is 0.166 e. The van der Waals surface area contributed by atoms with Crippen molar-refractivity contribution >= 4 is 5.78 Å². The topological polar surface area (TPSA) is 17.1 Å². The number of nitrogens with zero attached hydrogens (tertiary/aromatic N) is 1. The van der Waals surface area contributed by atoms with Gasteiger partial charge in [0.05, 0.1) is 33.1 Å². The quantitative estimate of drug-likeness (QED) is 0.130. The van der Waals surface area contributed by atoms with Crippen LogP contribution in [0.25, 0.3) is 0 Å². The van der Waals surface area contributed by atoms with E-state index >= 15 is 0 Å². The van der Waals surface area contributed by atoms with Crippen molar-refractivity contribution in [1.82, 2.24) is 0 Å². The van der Waals surface area contributed by atoms with Crippen LogP contribution in [-0.4, -0.2) is 37.5 Å². The molecule has 0 heterocycles. The van der Waals surface area contributed by atoms with Gasteiger partial charge in [-0.3, -0.25) is 4.79 Å². The van der Waals surface area contributed by atoms with E-state index in [-0.39, 0.29) is 11.7 Å². The predicted octanol–water partition coefficient (Wildman–Crippen LogP) is 7.33. The van der Waals surface area contributed by atoms with Crippen LogP contribution >= 0.6 is 0 Å². The molecule has 0 radical (unpaired) electrons. The number of unbranched alkanes of at least 4 members (excludes halogenated alkanes) is 13. The summed E-state index contributed by atoms with van der Waals surface area (Å²) in [4.78, 5) is 12.0. The first-order chi connectivity index (χ1) is 12.8. The van der Waals surface area contributed by atoms with E-state index in [4.69, 9.17) is 0 Å². The molecule has 2 heteroatoms. The first-order valence-electron chi connectivity index (χ1n) is 11.8. The zero-order valence-corrected chi connectivity index (χ0v) is 19.5. The van der Waals surface area contributed by atoms with Gasteiger partial charge in [0.25, 0.3) is 0 Å². The van der Waals surface area contributed by atoms with E-state index in [1.165, 1.54) is 96.4 Å². The third kappa shape index (κ3) is 16.1.